The normalized spacial score (nSPS) is 8.77. The first-order valence-electron chi connectivity index (χ1n) is 3.78. The molecule has 0 amide bonds. The molecule has 0 saturated carbocycles. The largest absolute Gasteiger partial charge is 0.302 e. The Morgan fingerprint density at radius 3 is 3.15 bits per heavy atom. The second-order valence-electron chi connectivity index (χ2n) is 2.49. The van der Waals surface area contributed by atoms with Gasteiger partial charge in [0.15, 0.2) is 0 Å². The standard InChI is InChI=1S/C10H8FNO/c1-8-7-12-10(11)6-9(8)4-2-3-5-13/h5-7H,3H2,1H3. The quantitative estimate of drug-likeness (QED) is 0.369. The molecule has 0 atom stereocenters. The van der Waals surface area contributed by atoms with Crippen LogP contribution < -0.4 is 0 Å². The summed E-state index contributed by atoms with van der Waals surface area (Å²) in [7, 11) is 0. The van der Waals surface area contributed by atoms with E-state index in [1.807, 2.05) is 0 Å². The van der Waals surface area contributed by atoms with E-state index in [1.165, 1.54) is 12.3 Å². The van der Waals surface area contributed by atoms with Crippen LogP contribution >= 0.6 is 0 Å². The van der Waals surface area contributed by atoms with Crippen LogP contribution in [0.15, 0.2) is 12.3 Å². The zero-order valence-electron chi connectivity index (χ0n) is 7.17. The molecule has 0 aliphatic carbocycles. The van der Waals surface area contributed by atoms with Crippen molar-refractivity contribution in [2.45, 2.75) is 13.3 Å². The molecule has 0 aromatic carbocycles. The van der Waals surface area contributed by atoms with Crippen molar-refractivity contribution in [2.75, 3.05) is 0 Å². The minimum absolute atomic E-state index is 0.170. The van der Waals surface area contributed by atoms with Crippen molar-refractivity contribution < 1.29 is 9.18 Å². The summed E-state index contributed by atoms with van der Waals surface area (Å²) in [5, 5.41) is 0. The summed E-state index contributed by atoms with van der Waals surface area (Å²) in [6.45, 7) is 1.79. The van der Waals surface area contributed by atoms with E-state index in [0.29, 0.717) is 11.8 Å². The van der Waals surface area contributed by atoms with Crippen LogP contribution in [0.2, 0.25) is 0 Å². The molecule has 66 valence electrons. The van der Waals surface area contributed by atoms with Crippen LogP contribution in [0.3, 0.4) is 0 Å². The summed E-state index contributed by atoms with van der Waals surface area (Å²) in [4.78, 5) is 13.4. The van der Waals surface area contributed by atoms with Crippen molar-refractivity contribution in [1.29, 1.82) is 0 Å². The van der Waals surface area contributed by atoms with Gasteiger partial charge in [-0.3, -0.25) is 0 Å². The van der Waals surface area contributed by atoms with Gasteiger partial charge in [-0.15, -0.1) is 0 Å². The zero-order valence-corrected chi connectivity index (χ0v) is 7.17. The molecule has 0 aliphatic rings. The number of pyridine rings is 1. The Labute approximate surface area is 75.8 Å². The second-order valence-corrected chi connectivity index (χ2v) is 2.49. The van der Waals surface area contributed by atoms with Gasteiger partial charge in [0.05, 0.1) is 6.42 Å². The van der Waals surface area contributed by atoms with Gasteiger partial charge >= 0.3 is 0 Å². The van der Waals surface area contributed by atoms with E-state index < -0.39 is 5.95 Å². The molecule has 0 radical (unpaired) electrons. The van der Waals surface area contributed by atoms with Crippen molar-refractivity contribution in [3.8, 4) is 11.8 Å². The summed E-state index contributed by atoms with van der Waals surface area (Å²) in [6, 6.07) is 1.26. The molecular weight excluding hydrogens is 169 g/mol. The lowest BCUT2D eigenvalue weighted by atomic mass is 10.1. The number of carbonyl (C=O) groups excluding carboxylic acids is 1. The summed E-state index contributed by atoms with van der Waals surface area (Å²) < 4.78 is 12.6. The molecule has 2 nitrogen and oxygen atoms in total. The highest BCUT2D eigenvalue weighted by molar-refractivity contribution is 5.55. The first-order chi connectivity index (χ1) is 6.24. The third-order valence-electron chi connectivity index (χ3n) is 1.48. The molecule has 13 heavy (non-hydrogen) atoms. The molecular formula is C10H8FNO. The number of carbonyl (C=O) groups is 1. The SMILES string of the molecule is Cc1cnc(F)cc1C#CCC=O. The number of hydrogen-bond acceptors (Lipinski definition) is 2. The summed E-state index contributed by atoms with van der Waals surface area (Å²) in [5.41, 5.74) is 1.38. The average Bonchev–Trinajstić information content (AvgIpc) is 2.11. The molecule has 0 spiro atoms. The van der Waals surface area contributed by atoms with Crippen molar-refractivity contribution in [3.05, 3.63) is 29.3 Å². The molecule has 1 aromatic rings. The van der Waals surface area contributed by atoms with Crippen LogP contribution in [0, 0.1) is 24.7 Å². The third kappa shape index (κ3) is 2.68. The Bertz CT molecular complexity index is 376. The molecule has 0 fully saturated rings. The number of halogens is 1. The Balaban J connectivity index is 2.95. The lowest BCUT2D eigenvalue weighted by molar-refractivity contribution is -0.107. The predicted molar refractivity (Wildman–Crippen MR) is 46.5 cm³/mol. The Kier molecular flexibility index (Phi) is 3.15. The number of aldehydes is 1. The van der Waals surface area contributed by atoms with Crippen molar-refractivity contribution in [3.63, 3.8) is 0 Å². The van der Waals surface area contributed by atoms with E-state index in [0.717, 1.165) is 5.56 Å². The maximum absolute atomic E-state index is 12.6. The van der Waals surface area contributed by atoms with Gasteiger partial charge < -0.3 is 4.79 Å². The van der Waals surface area contributed by atoms with E-state index in [4.69, 9.17) is 0 Å². The van der Waals surface area contributed by atoms with E-state index in [2.05, 4.69) is 16.8 Å². The lowest BCUT2D eigenvalue weighted by Gasteiger charge is -1.95. The number of hydrogen-bond donors (Lipinski definition) is 0. The fourth-order valence-electron chi connectivity index (χ4n) is 0.821. The first-order valence-corrected chi connectivity index (χ1v) is 3.78. The number of aryl methyl sites for hydroxylation is 1. The summed E-state index contributed by atoms with van der Waals surface area (Å²) in [6.07, 6.45) is 2.30. The Morgan fingerprint density at radius 1 is 1.69 bits per heavy atom. The van der Waals surface area contributed by atoms with Gasteiger partial charge in [-0.2, -0.15) is 4.39 Å². The van der Waals surface area contributed by atoms with E-state index in [1.54, 1.807) is 6.92 Å². The minimum atomic E-state index is -0.555. The molecule has 0 unspecified atom stereocenters. The lowest BCUT2D eigenvalue weighted by Crippen LogP contribution is -1.88. The molecule has 0 N–H and O–H groups in total. The van der Waals surface area contributed by atoms with Crippen LogP contribution in [0.5, 0.6) is 0 Å². The molecule has 1 rings (SSSR count). The monoisotopic (exact) mass is 177 g/mol. The van der Waals surface area contributed by atoms with Crippen LogP contribution in [-0.2, 0) is 4.79 Å². The summed E-state index contributed by atoms with van der Waals surface area (Å²) >= 11 is 0. The number of nitrogens with zero attached hydrogens (tertiary/aromatic N) is 1. The number of rotatable bonds is 1. The van der Waals surface area contributed by atoms with Gasteiger partial charge in [0.25, 0.3) is 0 Å². The maximum atomic E-state index is 12.6. The average molecular weight is 177 g/mol. The first kappa shape index (κ1) is 9.40. The van der Waals surface area contributed by atoms with Crippen LogP contribution in [0.4, 0.5) is 4.39 Å². The predicted octanol–water partition coefficient (Wildman–Crippen LogP) is 1.47. The second kappa shape index (κ2) is 4.36. The summed E-state index contributed by atoms with van der Waals surface area (Å²) in [5.74, 6) is 4.75. The van der Waals surface area contributed by atoms with E-state index in [-0.39, 0.29) is 6.42 Å². The molecule has 0 saturated heterocycles. The highest BCUT2D eigenvalue weighted by Gasteiger charge is 1.96. The zero-order chi connectivity index (χ0) is 9.68. The van der Waals surface area contributed by atoms with Gasteiger partial charge in [-0.25, -0.2) is 4.98 Å². The molecule has 0 aliphatic heterocycles. The fraction of sp³-hybridized carbons (Fsp3) is 0.200. The molecule has 1 aromatic heterocycles. The highest BCUT2D eigenvalue weighted by atomic mass is 19.1. The van der Waals surface area contributed by atoms with Crippen LogP contribution in [0.1, 0.15) is 17.5 Å². The van der Waals surface area contributed by atoms with Gasteiger partial charge in [0.2, 0.25) is 5.95 Å². The molecule has 1 heterocycles. The van der Waals surface area contributed by atoms with Gasteiger partial charge in [-0.05, 0) is 12.5 Å². The van der Waals surface area contributed by atoms with Gasteiger partial charge in [0.1, 0.15) is 6.29 Å². The van der Waals surface area contributed by atoms with E-state index in [9.17, 15) is 9.18 Å². The van der Waals surface area contributed by atoms with Gasteiger partial charge in [0, 0.05) is 17.8 Å². The van der Waals surface area contributed by atoms with Crippen molar-refractivity contribution in [2.24, 2.45) is 0 Å². The Morgan fingerprint density at radius 2 is 2.46 bits per heavy atom. The van der Waals surface area contributed by atoms with Crippen LogP contribution in [0.25, 0.3) is 0 Å². The molecule has 0 bridgehead atoms. The fourth-order valence-corrected chi connectivity index (χ4v) is 0.821. The van der Waals surface area contributed by atoms with Crippen molar-refractivity contribution in [1.82, 2.24) is 4.98 Å². The third-order valence-corrected chi connectivity index (χ3v) is 1.48. The maximum Gasteiger partial charge on any atom is 0.214 e. The number of aromatic nitrogens is 1. The smallest absolute Gasteiger partial charge is 0.214 e. The highest BCUT2D eigenvalue weighted by Crippen LogP contribution is 2.05. The Hall–Kier alpha value is -1.69. The van der Waals surface area contributed by atoms with E-state index >= 15 is 0 Å². The van der Waals surface area contributed by atoms with Gasteiger partial charge in [-0.1, -0.05) is 11.8 Å². The minimum Gasteiger partial charge on any atom is -0.302 e. The topological polar surface area (TPSA) is 30.0 Å². The van der Waals surface area contributed by atoms with Crippen molar-refractivity contribution >= 4 is 6.29 Å². The molecule has 3 heteroatoms. The van der Waals surface area contributed by atoms with Crippen LogP contribution in [-0.4, -0.2) is 11.3 Å².